The van der Waals surface area contributed by atoms with Crippen molar-refractivity contribution >= 4 is 23.2 Å². The Balaban J connectivity index is 2.57. The Morgan fingerprint density at radius 2 is 1.70 bits per heavy atom. The zero-order valence-electron chi connectivity index (χ0n) is 12.8. The van der Waals surface area contributed by atoms with Crippen molar-refractivity contribution in [2.24, 2.45) is 0 Å². The number of benzene rings is 1. The molecule has 20 heavy (non-hydrogen) atoms. The number of anilines is 2. The van der Waals surface area contributed by atoms with E-state index >= 15 is 0 Å². The van der Waals surface area contributed by atoms with Gasteiger partial charge in [-0.1, -0.05) is 0 Å². The lowest BCUT2D eigenvalue weighted by Gasteiger charge is -2.20. The average molecular weight is 277 g/mol. The van der Waals surface area contributed by atoms with Gasteiger partial charge in [0.2, 0.25) is 11.8 Å². The molecule has 0 radical (unpaired) electrons. The van der Waals surface area contributed by atoms with E-state index in [1.807, 2.05) is 20.8 Å². The van der Waals surface area contributed by atoms with Crippen LogP contribution in [0.5, 0.6) is 0 Å². The lowest BCUT2D eigenvalue weighted by atomic mass is 10.1. The number of hydrogen-bond acceptors (Lipinski definition) is 3. The second-order valence-corrected chi connectivity index (χ2v) is 5.78. The standard InChI is InChI=1S/C15H23N3O2/c1-11(19)18(5)13-8-6-12(7-9-13)17-14(20)10-16-15(2,3)4/h6-9,16H,10H2,1-5H3,(H,17,20). The molecule has 0 fully saturated rings. The van der Waals surface area contributed by atoms with E-state index in [4.69, 9.17) is 0 Å². The van der Waals surface area contributed by atoms with E-state index in [2.05, 4.69) is 10.6 Å². The van der Waals surface area contributed by atoms with Crippen LogP contribution in [0.3, 0.4) is 0 Å². The fourth-order valence-electron chi connectivity index (χ4n) is 1.50. The lowest BCUT2D eigenvalue weighted by Crippen LogP contribution is -2.41. The van der Waals surface area contributed by atoms with E-state index in [1.54, 1.807) is 36.2 Å². The largest absolute Gasteiger partial charge is 0.325 e. The number of carbonyl (C=O) groups excluding carboxylic acids is 2. The van der Waals surface area contributed by atoms with Gasteiger partial charge in [-0.15, -0.1) is 0 Å². The number of hydrogen-bond donors (Lipinski definition) is 2. The second-order valence-electron chi connectivity index (χ2n) is 5.78. The summed E-state index contributed by atoms with van der Waals surface area (Å²) in [6.07, 6.45) is 0. The summed E-state index contributed by atoms with van der Waals surface area (Å²) >= 11 is 0. The molecule has 1 rings (SSSR count). The van der Waals surface area contributed by atoms with Crippen molar-refractivity contribution in [2.45, 2.75) is 33.2 Å². The predicted octanol–water partition coefficient (Wildman–Crippen LogP) is 2.00. The van der Waals surface area contributed by atoms with Gasteiger partial charge in [0, 0.05) is 30.9 Å². The minimum Gasteiger partial charge on any atom is -0.325 e. The quantitative estimate of drug-likeness (QED) is 0.885. The number of carbonyl (C=O) groups is 2. The molecule has 0 heterocycles. The van der Waals surface area contributed by atoms with Crippen molar-refractivity contribution < 1.29 is 9.59 Å². The van der Waals surface area contributed by atoms with E-state index in [0.29, 0.717) is 5.69 Å². The van der Waals surface area contributed by atoms with Crippen LogP contribution >= 0.6 is 0 Å². The first-order valence-corrected chi connectivity index (χ1v) is 6.58. The summed E-state index contributed by atoms with van der Waals surface area (Å²) < 4.78 is 0. The molecule has 1 aromatic carbocycles. The van der Waals surface area contributed by atoms with Crippen LogP contribution < -0.4 is 15.5 Å². The summed E-state index contributed by atoms with van der Waals surface area (Å²) in [6, 6.07) is 7.16. The molecule has 0 saturated heterocycles. The van der Waals surface area contributed by atoms with Crippen LogP contribution in [0.25, 0.3) is 0 Å². The smallest absolute Gasteiger partial charge is 0.238 e. The minimum atomic E-state index is -0.0919. The molecular weight excluding hydrogens is 254 g/mol. The molecule has 5 nitrogen and oxygen atoms in total. The van der Waals surface area contributed by atoms with Gasteiger partial charge < -0.3 is 15.5 Å². The summed E-state index contributed by atoms with van der Waals surface area (Å²) in [5.74, 6) is -0.122. The van der Waals surface area contributed by atoms with Crippen LogP contribution in [-0.4, -0.2) is 30.9 Å². The van der Waals surface area contributed by atoms with E-state index in [9.17, 15) is 9.59 Å². The number of nitrogens with one attached hydrogen (secondary N) is 2. The summed E-state index contributed by atoms with van der Waals surface area (Å²) in [5.41, 5.74) is 1.42. The van der Waals surface area contributed by atoms with Gasteiger partial charge in [-0.25, -0.2) is 0 Å². The molecule has 0 aliphatic rings. The molecule has 5 heteroatoms. The highest BCUT2D eigenvalue weighted by Crippen LogP contribution is 2.16. The highest BCUT2D eigenvalue weighted by Gasteiger charge is 2.11. The normalized spacial score (nSPS) is 11.1. The first-order valence-electron chi connectivity index (χ1n) is 6.58. The van der Waals surface area contributed by atoms with Crippen LogP contribution in [0.2, 0.25) is 0 Å². The van der Waals surface area contributed by atoms with Gasteiger partial charge in [-0.2, -0.15) is 0 Å². The zero-order chi connectivity index (χ0) is 15.3. The Kier molecular flexibility index (Phi) is 5.27. The lowest BCUT2D eigenvalue weighted by molar-refractivity contribution is -0.116. The fourth-order valence-corrected chi connectivity index (χ4v) is 1.50. The average Bonchev–Trinajstić information content (AvgIpc) is 2.35. The van der Waals surface area contributed by atoms with Crippen LogP contribution in [0.1, 0.15) is 27.7 Å². The molecule has 0 spiro atoms. The van der Waals surface area contributed by atoms with Gasteiger partial charge >= 0.3 is 0 Å². The molecule has 0 bridgehead atoms. The molecule has 0 aliphatic carbocycles. The SMILES string of the molecule is CC(=O)N(C)c1ccc(NC(=O)CNC(C)(C)C)cc1. The fraction of sp³-hybridized carbons (Fsp3) is 0.467. The summed E-state index contributed by atoms with van der Waals surface area (Å²) in [7, 11) is 1.71. The highest BCUT2D eigenvalue weighted by atomic mass is 16.2. The maximum atomic E-state index is 11.7. The summed E-state index contributed by atoms with van der Waals surface area (Å²) in [5, 5.41) is 5.93. The molecule has 0 atom stereocenters. The van der Waals surface area contributed by atoms with Crippen LogP contribution in [-0.2, 0) is 9.59 Å². The molecule has 2 N–H and O–H groups in total. The van der Waals surface area contributed by atoms with E-state index in [1.165, 1.54) is 6.92 Å². The predicted molar refractivity (Wildman–Crippen MR) is 81.9 cm³/mol. The summed E-state index contributed by atoms with van der Waals surface area (Å²) in [6.45, 7) is 7.79. The maximum absolute atomic E-state index is 11.7. The Labute approximate surface area is 120 Å². The van der Waals surface area contributed by atoms with Crippen LogP contribution in [0.15, 0.2) is 24.3 Å². The molecule has 0 unspecified atom stereocenters. The first kappa shape index (κ1) is 16.2. The molecule has 0 saturated carbocycles. The van der Waals surface area contributed by atoms with Gasteiger partial charge in [-0.3, -0.25) is 9.59 Å². The molecule has 2 amide bonds. The number of nitrogens with zero attached hydrogens (tertiary/aromatic N) is 1. The Morgan fingerprint density at radius 1 is 1.15 bits per heavy atom. The topological polar surface area (TPSA) is 61.4 Å². The van der Waals surface area contributed by atoms with Crippen molar-refractivity contribution in [3.8, 4) is 0 Å². The maximum Gasteiger partial charge on any atom is 0.238 e. The Hall–Kier alpha value is -1.88. The zero-order valence-corrected chi connectivity index (χ0v) is 12.8. The van der Waals surface area contributed by atoms with E-state index < -0.39 is 0 Å². The van der Waals surface area contributed by atoms with Crippen molar-refractivity contribution in [1.82, 2.24) is 5.32 Å². The van der Waals surface area contributed by atoms with Crippen LogP contribution in [0, 0.1) is 0 Å². The van der Waals surface area contributed by atoms with Crippen molar-refractivity contribution in [2.75, 3.05) is 23.8 Å². The third-order valence-corrected chi connectivity index (χ3v) is 2.79. The Morgan fingerprint density at radius 3 is 2.15 bits per heavy atom. The third-order valence-electron chi connectivity index (χ3n) is 2.79. The van der Waals surface area contributed by atoms with Gasteiger partial charge in [-0.05, 0) is 45.0 Å². The monoisotopic (exact) mass is 277 g/mol. The first-order chi connectivity index (χ1) is 9.19. The minimum absolute atomic E-state index is 0.0313. The number of amides is 2. The van der Waals surface area contributed by atoms with Gasteiger partial charge in [0.15, 0.2) is 0 Å². The third kappa shape index (κ3) is 5.40. The molecular formula is C15H23N3O2. The van der Waals surface area contributed by atoms with Gasteiger partial charge in [0.05, 0.1) is 6.54 Å². The second kappa shape index (κ2) is 6.52. The van der Waals surface area contributed by atoms with Crippen molar-refractivity contribution in [3.05, 3.63) is 24.3 Å². The number of rotatable bonds is 4. The van der Waals surface area contributed by atoms with Crippen molar-refractivity contribution in [1.29, 1.82) is 0 Å². The Bertz CT molecular complexity index is 475. The van der Waals surface area contributed by atoms with E-state index in [-0.39, 0.29) is 23.9 Å². The van der Waals surface area contributed by atoms with Gasteiger partial charge in [0.1, 0.15) is 0 Å². The molecule has 110 valence electrons. The molecule has 1 aromatic rings. The van der Waals surface area contributed by atoms with Crippen molar-refractivity contribution in [3.63, 3.8) is 0 Å². The summed E-state index contributed by atoms with van der Waals surface area (Å²) in [4.78, 5) is 24.5. The van der Waals surface area contributed by atoms with E-state index in [0.717, 1.165) is 5.69 Å². The highest BCUT2D eigenvalue weighted by molar-refractivity contribution is 5.93. The molecule has 0 aliphatic heterocycles. The van der Waals surface area contributed by atoms with Crippen LogP contribution in [0.4, 0.5) is 11.4 Å². The van der Waals surface area contributed by atoms with Gasteiger partial charge in [0.25, 0.3) is 0 Å². The molecule has 0 aromatic heterocycles.